The van der Waals surface area contributed by atoms with Crippen LogP contribution >= 0.6 is 0 Å². The van der Waals surface area contributed by atoms with E-state index >= 15 is 0 Å². The van der Waals surface area contributed by atoms with E-state index in [9.17, 15) is 9.18 Å². The molecule has 2 aromatic rings. The van der Waals surface area contributed by atoms with Gasteiger partial charge >= 0.3 is 0 Å². The topological polar surface area (TPSA) is 36.4 Å². The Morgan fingerprint density at radius 3 is 2.58 bits per heavy atom. The normalized spacial score (nSPS) is 19.3. The number of aromatic nitrogens is 1. The summed E-state index contributed by atoms with van der Waals surface area (Å²) in [6.07, 6.45) is 0. The molecule has 2 aliphatic rings. The van der Waals surface area contributed by atoms with Gasteiger partial charge in [-0.2, -0.15) is 0 Å². The number of benzene rings is 1. The molecule has 4 nitrogen and oxygen atoms in total. The van der Waals surface area contributed by atoms with E-state index < -0.39 is 0 Å². The second-order valence-electron chi connectivity index (χ2n) is 8.15. The van der Waals surface area contributed by atoms with Gasteiger partial charge in [0.25, 0.3) is 0 Å². The van der Waals surface area contributed by atoms with Gasteiger partial charge in [-0.15, -0.1) is 0 Å². The molecular formula is C21H24FN3O. The molecule has 5 heteroatoms. The fraction of sp³-hybridized carbons (Fsp3) is 0.429. The molecule has 136 valence electrons. The Morgan fingerprint density at radius 2 is 1.88 bits per heavy atom. The number of hydrogen-bond donors (Lipinski definition) is 0. The van der Waals surface area contributed by atoms with Crippen molar-refractivity contribution in [2.75, 3.05) is 24.5 Å². The second-order valence-corrected chi connectivity index (χ2v) is 8.15. The lowest BCUT2D eigenvalue weighted by molar-refractivity contribution is -0.127. The number of hydrogen-bond acceptors (Lipinski definition) is 3. The van der Waals surface area contributed by atoms with Crippen molar-refractivity contribution in [2.24, 2.45) is 5.92 Å². The third-order valence-corrected chi connectivity index (χ3v) is 5.39. The van der Waals surface area contributed by atoms with Crippen LogP contribution in [0.25, 0.3) is 0 Å². The van der Waals surface area contributed by atoms with Gasteiger partial charge in [0.05, 0.1) is 17.3 Å². The van der Waals surface area contributed by atoms with Crippen LogP contribution in [0.4, 0.5) is 10.1 Å². The second kappa shape index (κ2) is 6.16. The van der Waals surface area contributed by atoms with Gasteiger partial charge in [-0.25, -0.2) is 4.39 Å². The van der Waals surface area contributed by atoms with E-state index in [2.05, 4.69) is 23.7 Å². The van der Waals surface area contributed by atoms with Crippen molar-refractivity contribution in [3.05, 3.63) is 59.2 Å². The number of likely N-dealkylation sites (tertiary alicyclic amines) is 1. The number of amides is 1. The Balaban J connectivity index is 1.42. The van der Waals surface area contributed by atoms with Crippen LogP contribution in [0.1, 0.15) is 30.8 Å². The lowest BCUT2D eigenvalue weighted by atomic mass is 9.91. The smallest absolute Gasteiger partial charge is 0.232 e. The van der Waals surface area contributed by atoms with Gasteiger partial charge in [-0.1, -0.05) is 26.0 Å². The molecule has 0 saturated carbocycles. The number of nitrogens with zero attached hydrogens (tertiary/aromatic N) is 3. The van der Waals surface area contributed by atoms with Gasteiger partial charge in [0, 0.05) is 37.3 Å². The highest BCUT2D eigenvalue weighted by molar-refractivity contribution is 5.98. The average Bonchev–Trinajstić information content (AvgIpc) is 2.83. The molecule has 0 bridgehead atoms. The molecule has 1 amide bonds. The standard InChI is InChI=1S/C21H24FN3O/c1-14-4-9-18-19(23-14)21(2,3)13-25(18)20(26)16-11-24(12-16)10-15-5-7-17(22)8-6-15/h4-9,16H,10-13H2,1-3H3. The third kappa shape index (κ3) is 3.01. The van der Waals surface area contributed by atoms with Crippen molar-refractivity contribution in [1.82, 2.24) is 9.88 Å². The van der Waals surface area contributed by atoms with Crippen LogP contribution in [0.2, 0.25) is 0 Å². The summed E-state index contributed by atoms with van der Waals surface area (Å²) >= 11 is 0. The summed E-state index contributed by atoms with van der Waals surface area (Å²) in [6.45, 7) is 9.23. The number of pyridine rings is 1. The quantitative estimate of drug-likeness (QED) is 0.850. The summed E-state index contributed by atoms with van der Waals surface area (Å²) in [5, 5.41) is 0. The van der Waals surface area contributed by atoms with E-state index in [0.29, 0.717) is 6.54 Å². The van der Waals surface area contributed by atoms with E-state index in [0.717, 1.165) is 42.3 Å². The average molecular weight is 353 g/mol. The predicted molar refractivity (Wildman–Crippen MR) is 99.5 cm³/mol. The maximum Gasteiger partial charge on any atom is 0.232 e. The Hall–Kier alpha value is -2.27. The number of anilines is 1. The highest BCUT2D eigenvalue weighted by Crippen LogP contribution is 2.40. The minimum absolute atomic E-state index is 0.0264. The minimum Gasteiger partial charge on any atom is -0.309 e. The van der Waals surface area contributed by atoms with Gasteiger partial charge in [0.1, 0.15) is 5.82 Å². The number of aryl methyl sites for hydroxylation is 1. The monoisotopic (exact) mass is 353 g/mol. The van der Waals surface area contributed by atoms with Crippen LogP contribution < -0.4 is 4.90 Å². The van der Waals surface area contributed by atoms with Crippen molar-refractivity contribution in [3.63, 3.8) is 0 Å². The van der Waals surface area contributed by atoms with E-state index in [4.69, 9.17) is 0 Å². The number of carbonyl (C=O) groups excluding carboxylic acids is 1. The molecule has 0 N–H and O–H groups in total. The summed E-state index contributed by atoms with van der Waals surface area (Å²) in [6, 6.07) is 10.6. The zero-order chi connectivity index (χ0) is 18.5. The van der Waals surface area contributed by atoms with Crippen LogP contribution in [-0.4, -0.2) is 35.4 Å². The molecule has 1 aromatic heterocycles. The molecule has 0 aliphatic carbocycles. The third-order valence-electron chi connectivity index (χ3n) is 5.39. The zero-order valence-corrected chi connectivity index (χ0v) is 15.5. The molecule has 0 unspecified atom stereocenters. The molecule has 0 atom stereocenters. The van der Waals surface area contributed by atoms with Crippen LogP contribution in [0.3, 0.4) is 0 Å². The molecule has 0 radical (unpaired) electrons. The summed E-state index contributed by atoms with van der Waals surface area (Å²) < 4.78 is 13.0. The fourth-order valence-electron chi connectivity index (χ4n) is 3.94. The molecule has 4 rings (SSSR count). The summed E-state index contributed by atoms with van der Waals surface area (Å²) in [7, 11) is 0. The van der Waals surface area contributed by atoms with E-state index in [1.54, 1.807) is 12.1 Å². The van der Waals surface area contributed by atoms with E-state index in [-0.39, 0.29) is 23.1 Å². The largest absolute Gasteiger partial charge is 0.309 e. The molecule has 2 aliphatic heterocycles. The first-order valence-electron chi connectivity index (χ1n) is 9.10. The van der Waals surface area contributed by atoms with Gasteiger partial charge in [0.2, 0.25) is 5.91 Å². The Kier molecular flexibility index (Phi) is 4.07. The van der Waals surface area contributed by atoms with Crippen molar-refractivity contribution in [1.29, 1.82) is 0 Å². The predicted octanol–water partition coefficient (Wildman–Crippen LogP) is 3.29. The fourth-order valence-corrected chi connectivity index (χ4v) is 3.94. The van der Waals surface area contributed by atoms with Crippen molar-refractivity contribution in [3.8, 4) is 0 Å². The molecule has 1 saturated heterocycles. The van der Waals surface area contributed by atoms with Crippen LogP contribution in [0.5, 0.6) is 0 Å². The van der Waals surface area contributed by atoms with Crippen LogP contribution in [0.15, 0.2) is 36.4 Å². The molecule has 1 fully saturated rings. The Morgan fingerprint density at radius 1 is 1.19 bits per heavy atom. The zero-order valence-electron chi connectivity index (χ0n) is 15.5. The van der Waals surface area contributed by atoms with Gasteiger partial charge in [-0.05, 0) is 36.8 Å². The summed E-state index contributed by atoms with van der Waals surface area (Å²) in [4.78, 5) is 21.9. The Labute approximate surface area is 153 Å². The highest BCUT2D eigenvalue weighted by atomic mass is 19.1. The van der Waals surface area contributed by atoms with Gasteiger partial charge in [0.15, 0.2) is 0 Å². The maximum absolute atomic E-state index is 13.0. The lowest BCUT2D eigenvalue weighted by Gasteiger charge is -2.40. The SMILES string of the molecule is Cc1ccc2c(n1)C(C)(C)CN2C(=O)C1CN(Cc2ccc(F)cc2)C1. The van der Waals surface area contributed by atoms with Crippen molar-refractivity contribution >= 4 is 11.6 Å². The number of carbonyl (C=O) groups is 1. The minimum atomic E-state index is -0.218. The summed E-state index contributed by atoms with van der Waals surface area (Å²) in [5.74, 6) is 0.000842. The van der Waals surface area contributed by atoms with E-state index in [1.807, 2.05) is 24.0 Å². The van der Waals surface area contributed by atoms with Crippen molar-refractivity contribution in [2.45, 2.75) is 32.7 Å². The van der Waals surface area contributed by atoms with Gasteiger partial charge < -0.3 is 4.90 Å². The van der Waals surface area contributed by atoms with E-state index in [1.165, 1.54) is 12.1 Å². The van der Waals surface area contributed by atoms with Crippen molar-refractivity contribution < 1.29 is 9.18 Å². The first-order valence-corrected chi connectivity index (χ1v) is 9.10. The molecule has 26 heavy (non-hydrogen) atoms. The van der Waals surface area contributed by atoms with Crippen LogP contribution in [-0.2, 0) is 16.8 Å². The molecule has 0 spiro atoms. The van der Waals surface area contributed by atoms with Gasteiger partial charge in [-0.3, -0.25) is 14.7 Å². The first-order chi connectivity index (χ1) is 12.3. The highest BCUT2D eigenvalue weighted by Gasteiger charge is 2.43. The molecule has 1 aromatic carbocycles. The first kappa shape index (κ1) is 17.2. The molecular weight excluding hydrogens is 329 g/mol. The number of rotatable bonds is 3. The maximum atomic E-state index is 13.0. The molecule has 3 heterocycles. The summed E-state index contributed by atoms with van der Waals surface area (Å²) in [5.41, 5.74) is 3.93. The lowest BCUT2D eigenvalue weighted by Crippen LogP contribution is -2.54. The Bertz CT molecular complexity index is 841. The van der Waals surface area contributed by atoms with Crippen LogP contribution in [0, 0.1) is 18.7 Å². The number of halogens is 1. The number of fused-ring (bicyclic) bond motifs is 1.